The highest BCUT2D eigenvalue weighted by molar-refractivity contribution is 8.47. The minimum Gasteiger partial charge on any atom is -0.354 e. The molecule has 1 N–H and O–H groups in total. The second kappa shape index (κ2) is 18.0. The Balaban J connectivity index is 2.12. The van der Waals surface area contributed by atoms with Gasteiger partial charge in [0.15, 0.2) is 0 Å². The van der Waals surface area contributed by atoms with Gasteiger partial charge >= 0.3 is 0 Å². The fourth-order valence-electron chi connectivity index (χ4n) is 3.49. The van der Waals surface area contributed by atoms with Gasteiger partial charge in [0.2, 0.25) is 5.91 Å². The highest BCUT2D eigenvalue weighted by Gasteiger charge is 2.28. The van der Waals surface area contributed by atoms with E-state index in [4.69, 9.17) is 12.2 Å². The topological polar surface area (TPSA) is 90.3 Å². The molecule has 1 aliphatic heterocycles. The first-order chi connectivity index (χ1) is 16.3. The molecule has 0 aromatic carbocycles. The first-order valence-corrected chi connectivity index (χ1v) is 14.6. The van der Waals surface area contributed by atoms with E-state index in [1.165, 1.54) is 81.7 Å². The first-order valence-electron chi connectivity index (χ1n) is 12.4. The molecule has 0 fully saturated rings. The van der Waals surface area contributed by atoms with E-state index in [2.05, 4.69) is 18.3 Å². The van der Waals surface area contributed by atoms with Crippen molar-refractivity contribution in [2.75, 3.05) is 18.8 Å². The van der Waals surface area contributed by atoms with Crippen molar-refractivity contribution < 1.29 is 14.4 Å². The van der Waals surface area contributed by atoms with E-state index in [1.54, 1.807) is 11.8 Å². The van der Waals surface area contributed by atoms with Crippen LogP contribution < -0.4 is 5.32 Å². The van der Waals surface area contributed by atoms with Crippen LogP contribution in [0.1, 0.15) is 90.9 Å². The molecule has 0 aliphatic carbocycles. The molecule has 0 saturated heterocycles. The van der Waals surface area contributed by atoms with Gasteiger partial charge in [0.1, 0.15) is 8.28 Å². The average molecular weight is 526 g/mol. The third-order valence-electron chi connectivity index (χ3n) is 5.65. The van der Waals surface area contributed by atoms with Crippen molar-refractivity contribution in [1.82, 2.24) is 10.2 Å². The van der Waals surface area contributed by atoms with Crippen molar-refractivity contribution in [3.8, 4) is 6.07 Å². The summed E-state index contributed by atoms with van der Waals surface area (Å²) in [6.45, 7) is 4.39. The van der Waals surface area contributed by atoms with Crippen LogP contribution in [0.4, 0.5) is 0 Å². The van der Waals surface area contributed by atoms with Crippen LogP contribution in [-0.2, 0) is 14.4 Å². The summed E-state index contributed by atoms with van der Waals surface area (Å²) in [5.41, 5.74) is 0. The third-order valence-corrected chi connectivity index (χ3v) is 8.50. The number of nitriles is 1. The average Bonchev–Trinajstić information content (AvgIpc) is 3.13. The Morgan fingerprint density at radius 2 is 1.62 bits per heavy atom. The molecule has 1 unspecified atom stereocenters. The van der Waals surface area contributed by atoms with E-state index in [0.717, 1.165) is 20.6 Å². The summed E-state index contributed by atoms with van der Waals surface area (Å²) in [6.07, 6.45) is 16.0. The third kappa shape index (κ3) is 13.5. The Morgan fingerprint density at radius 1 is 1.06 bits per heavy atom. The van der Waals surface area contributed by atoms with Gasteiger partial charge in [0.05, 0.1) is 6.07 Å². The van der Waals surface area contributed by atoms with Gasteiger partial charge in [0.25, 0.3) is 11.8 Å². The number of hydrogen-bond acceptors (Lipinski definition) is 7. The number of thioether (sulfide) groups is 2. The molecule has 1 heterocycles. The Morgan fingerprint density at radius 3 is 2.18 bits per heavy atom. The van der Waals surface area contributed by atoms with Crippen molar-refractivity contribution in [3.05, 3.63) is 12.2 Å². The van der Waals surface area contributed by atoms with Gasteiger partial charge in [-0.25, -0.2) is 0 Å². The fourth-order valence-corrected chi connectivity index (χ4v) is 6.46. The summed E-state index contributed by atoms with van der Waals surface area (Å²) in [4.78, 5) is 36.2. The minimum absolute atomic E-state index is 0.139. The Bertz CT molecular complexity index is 733. The second-order valence-electron chi connectivity index (χ2n) is 8.74. The Labute approximate surface area is 219 Å². The van der Waals surface area contributed by atoms with Crippen LogP contribution in [0, 0.1) is 11.3 Å². The lowest BCUT2D eigenvalue weighted by Gasteiger charge is -2.21. The van der Waals surface area contributed by atoms with E-state index in [9.17, 15) is 19.6 Å². The first kappa shape index (κ1) is 30.7. The SMILES string of the molecule is CCCCCCCCCCCCSC(=S)SC(C)(C#N)CCC(=O)NCCN1C(=O)C=CC1=O. The molecular formula is C25H39N3O3S3. The van der Waals surface area contributed by atoms with E-state index >= 15 is 0 Å². The number of amides is 3. The predicted octanol–water partition coefficient (Wildman–Crippen LogP) is 5.76. The molecule has 190 valence electrons. The normalized spacial score (nSPS) is 14.8. The lowest BCUT2D eigenvalue weighted by atomic mass is 10.1. The Kier molecular flexibility index (Phi) is 16.2. The molecule has 9 heteroatoms. The number of carbonyl (C=O) groups excluding carboxylic acids is 3. The summed E-state index contributed by atoms with van der Waals surface area (Å²) in [7, 11) is 0. The molecule has 6 nitrogen and oxygen atoms in total. The van der Waals surface area contributed by atoms with Gasteiger partial charge in [-0.05, 0) is 25.5 Å². The van der Waals surface area contributed by atoms with E-state index in [1.807, 2.05) is 6.92 Å². The molecule has 1 rings (SSSR count). The smallest absolute Gasteiger partial charge is 0.253 e. The summed E-state index contributed by atoms with van der Waals surface area (Å²) in [5, 5.41) is 12.3. The molecular weight excluding hydrogens is 486 g/mol. The number of unbranched alkanes of at least 4 members (excludes halogenated alkanes) is 9. The molecule has 0 aromatic rings. The lowest BCUT2D eigenvalue weighted by Crippen LogP contribution is -2.38. The van der Waals surface area contributed by atoms with Gasteiger partial charge in [-0.15, -0.1) is 11.8 Å². The highest BCUT2D eigenvalue weighted by atomic mass is 32.2. The number of rotatable bonds is 18. The molecule has 0 spiro atoms. The minimum atomic E-state index is -0.760. The standard InChI is InChI=1S/C25H39N3O3S3/c1-3-4-5-6-7-8-9-10-11-12-19-33-24(32)34-25(2,20-26)16-15-21(29)27-17-18-28-22(30)13-14-23(28)31/h13-14H,3-12,15-19H2,1-2H3,(H,27,29). The van der Waals surface area contributed by atoms with E-state index in [0.29, 0.717) is 6.42 Å². The quantitative estimate of drug-likeness (QED) is 0.138. The molecule has 1 atom stereocenters. The monoisotopic (exact) mass is 525 g/mol. The number of nitrogens with zero attached hydrogens (tertiary/aromatic N) is 2. The second-order valence-corrected chi connectivity index (χ2v) is 12.5. The summed E-state index contributed by atoms with van der Waals surface area (Å²) in [5.74, 6) is 0.0266. The molecule has 0 radical (unpaired) electrons. The molecule has 34 heavy (non-hydrogen) atoms. The molecule has 1 aliphatic rings. The molecule has 0 bridgehead atoms. The molecule has 0 aromatic heterocycles. The number of nitrogens with one attached hydrogen (secondary N) is 1. The summed E-state index contributed by atoms with van der Waals surface area (Å²) >= 11 is 8.46. The molecule has 3 amide bonds. The lowest BCUT2D eigenvalue weighted by molar-refractivity contribution is -0.137. The number of imide groups is 1. The zero-order valence-electron chi connectivity index (χ0n) is 20.6. The van der Waals surface area contributed by atoms with Crippen molar-refractivity contribution >= 4 is 57.0 Å². The van der Waals surface area contributed by atoms with Gasteiger partial charge in [-0.3, -0.25) is 19.3 Å². The van der Waals surface area contributed by atoms with Crippen LogP contribution in [-0.4, -0.2) is 49.7 Å². The van der Waals surface area contributed by atoms with Gasteiger partial charge in [-0.2, -0.15) is 5.26 Å². The maximum absolute atomic E-state index is 12.1. The van der Waals surface area contributed by atoms with Crippen molar-refractivity contribution in [2.24, 2.45) is 0 Å². The van der Waals surface area contributed by atoms with Crippen LogP contribution in [0.2, 0.25) is 0 Å². The van der Waals surface area contributed by atoms with Crippen LogP contribution >= 0.6 is 35.7 Å². The van der Waals surface area contributed by atoms with Crippen molar-refractivity contribution in [1.29, 1.82) is 5.26 Å². The van der Waals surface area contributed by atoms with Gasteiger partial charge in [0, 0.05) is 31.7 Å². The van der Waals surface area contributed by atoms with Gasteiger partial charge < -0.3 is 5.32 Å². The summed E-state index contributed by atoms with van der Waals surface area (Å²) < 4.78 is -0.0109. The fraction of sp³-hybridized carbons (Fsp3) is 0.720. The van der Waals surface area contributed by atoms with Crippen LogP contribution in [0.3, 0.4) is 0 Å². The van der Waals surface area contributed by atoms with E-state index in [-0.39, 0.29) is 37.2 Å². The zero-order valence-corrected chi connectivity index (χ0v) is 23.1. The maximum atomic E-state index is 12.1. The van der Waals surface area contributed by atoms with Crippen LogP contribution in [0.25, 0.3) is 0 Å². The largest absolute Gasteiger partial charge is 0.354 e. The number of carbonyl (C=O) groups is 3. The Hall–Kier alpha value is -1.37. The van der Waals surface area contributed by atoms with Gasteiger partial charge in [-0.1, -0.05) is 88.7 Å². The van der Waals surface area contributed by atoms with Crippen molar-refractivity contribution in [2.45, 2.75) is 95.6 Å². The maximum Gasteiger partial charge on any atom is 0.253 e. The van der Waals surface area contributed by atoms with Crippen LogP contribution in [0.15, 0.2) is 12.2 Å². The highest BCUT2D eigenvalue weighted by Crippen LogP contribution is 2.34. The zero-order chi connectivity index (χ0) is 25.2. The van der Waals surface area contributed by atoms with E-state index < -0.39 is 4.75 Å². The predicted molar refractivity (Wildman–Crippen MR) is 147 cm³/mol. The van der Waals surface area contributed by atoms with Crippen molar-refractivity contribution in [3.63, 3.8) is 0 Å². The molecule has 0 saturated carbocycles. The number of hydrogen-bond donors (Lipinski definition) is 1. The van der Waals surface area contributed by atoms with Crippen LogP contribution in [0.5, 0.6) is 0 Å². The summed E-state index contributed by atoms with van der Waals surface area (Å²) in [6, 6.07) is 2.30. The number of thiocarbonyl (C=S) groups is 1.